The number of benzene rings is 1. The van der Waals surface area contributed by atoms with Crippen LogP contribution in [0.2, 0.25) is 0 Å². The third-order valence-electron chi connectivity index (χ3n) is 3.09. The Morgan fingerprint density at radius 1 is 1.30 bits per heavy atom. The number of oxime groups is 1. The maximum absolute atomic E-state index is 8.75. The van der Waals surface area contributed by atoms with Crippen LogP contribution in [0.4, 0.5) is 11.5 Å². The zero-order valence-electron chi connectivity index (χ0n) is 11.6. The molecule has 5 nitrogen and oxygen atoms in total. The van der Waals surface area contributed by atoms with Crippen molar-refractivity contribution in [2.75, 3.05) is 11.4 Å². The number of amidine groups is 1. The highest BCUT2D eigenvalue weighted by Gasteiger charge is 2.10. The van der Waals surface area contributed by atoms with E-state index < -0.39 is 0 Å². The van der Waals surface area contributed by atoms with E-state index in [0.29, 0.717) is 5.56 Å². The molecule has 0 amide bonds. The first kappa shape index (κ1) is 13.9. The normalized spacial score (nSPS) is 11.4. The van der Waals surface area contributed by atoms with Crippen LogP contribution in [0.1, 0.15) is 18.1 Å². The molecule has 1 aromatic carbocycles. The summed E-state index contributed by atoms with van der Waals surface area (Å²) in [5.74, 6) is 0.842. The Labute approximate surface area is 118 Å². The van der Waals surface area contributed by atoms with E-state index in [1.807, 2.05) is 0 Å². The third-order valence-corrected chi connectivity index (χ3v) is 3.09. The van der Waals surface area contributed by atoms with E-state index in [-0.39, 0.29) is 5.84 Å². The minimum absolute atomic E-state index is 0.0774. The van der Waals surface area contributed by atoms with Gasteiger partial charge in [0.15, 0.2) is 5.84 Å². The minimum Gasteiger partial charge on any atom is -0.409 e. The van der Waals surface area contributed by atoms with Gasteiger partial charge in [0, 0.05) is 24.0 Å². The van der Waals surface area contributed by atoms with Gasteiger partial charge in [0.1, 0.15) is 5.82 Å². The highest BCUT2D eigenvalue weighted by molar-refractivity contribution is 5.97. The molecule has 0 radical (unpaired) electrons. The van der Waals surface area contributed by atoms with Gasteiger partial charge in [-0.1, -0.05) is 22.9 Å². The van der Waals surface area contributed by atoms with Gasteiger partial charge in [-0.05, 0) is 38.1 Å². The average molecular weight is 270 g/mol. The smallest absolute Gasteiger partial charge is 0.170 e. The van der Waals surface area contributed by atoms with E-state index in [2.05, 4.69) is 53.2 Å². The van der Waals surface area contributed by atoms with Gasteiger partial charge in [0.2, 0.25) is 0 Å². The van der Waals surface area contributed by atoms with Crippen LogP contribution in [-0.2, 0) is 0 Å². The summed E-state index contributed by atoms with van der Waals surface area (Å²) >= 11 is 0. The predicted molar refractivity (Wildman–Crippen MR) is 80.6 cm³/mol. The van der Waals surface area contributed by atoms with Crippen LogP contribution in [-0.4, -0.2) is 22.6 Å². The number of rotatable bonds is 4. The molecule has 0 saturated heterocycles. The monoisotopic (exact) mass is 270 g/mol. The molecular weight excluding hydrogens is 252 g/mol. The Morgan fingerprint density at radius 3 is 2.60 bits per heavy atom. The summed E-state index contributed by atoms with van der Waals surface area (Å²) in [4.78, 5) is 6.42. The standard InChI is InChI=1S/C15H18N4O/c1-3-19(13-6-4-11(2)5-7-13)14-10-12(8-9-17-14)15(16)18-20/h4-10,20H,3H2,1-2H3,(H2,16,18). The molecule has 0 atom stereocenters. The van der Waals surface area contributed by atoms with Crippen molar-refractivity contribution in [2.24, 2.45) is 10.9 Å². The zero-order valence-corrected chi connectivity index (χ0v) is 11.6. The van der Waals surface area contributed by atoms with Crippen LogP contribution in [0.25, 0.3) is 0 Å². The van der Waals surface area contributed by atoms with Gasteiger partial charge in [-0.25, -0.2) is 4.98 Å². The van der Waals surface area contributed by atoms with Crippen LogP contribution in [0.3, 0.4) is 0 Å². The predicted octanol–water partition coefficient (Wildman–Crippen LogP) is 2.64. The second kappa shape index (κ2) is 6.06. The first-order valence-corrected chi connectivity index (χ1v) is 6.44. The van der Waals surface area contributed by atoms with Gasteiger partial charge in [-0.15, -0.1) is 0 Å². The molecule has 0 unspecified atom stereocenters. The van der Waals surface area contributed by atoms with E-state index in [4.69, 9.17) is 10.9 Å². The summed E-state index contributed by atoms with van der Waals surface area (Å²) in [7, 11) is 0. The van der Waals surface area contributed by atoms with Crippen molar-refractivity contribution >= 4 is 17.3 Å². The van der Waals surface area contributed by atoms with Crippen LogP contribution < -0.4 is 10.6 Å². The number of nitrogens with two attached hydrogens (primary N) is 1. The van der Waals surface area contributed by atoms with Crippen molar-refractivity contribution in [3.63, 3.8) is 0 Å². The zero-order chi connectivity index (χ0) is 14.5. The number of anilines is 2. The van der Waals surface area contributed by atoms with Crippen molar-refractivity contribution in [1.82, 2.24) is 4.98 Å². The van der Waals surface area contributed by atoms with Gasteiger partial charge >= 0.3 is 0 Å². The quantitative estimate of drug-likeness (QED) is 0.387. The number of nitrogens with zero attached hydrogens (tertiary/aromatic N) is 3. The SMILES string of the molecule is CCN(c1ccc(C)cc1)c1cc(C(N)=NO)ccn1. The molecule has 1 heterocycles. The molecule has 0 aliphatic rings. The highest BCUT2D eigenvalue weighted by atomic mass is 16.4. The lowest BCUT2D eigenvalue weighted by atomic mass is 10.2. The Hall–Kier alpha value is -2.56. The maximum atomic E-state index is 8.75. The second-order valence-corrected chi connectivity index (χ2v) is 4.47. The number of hydrogen-bond donors (Lipinski definition) is 2. The Bertz CT molecular complexity index is 608. The molecular formula is C15H18N4O. The van der Waals surface area contributed by atoms with Crippen molar-refractivity contribution in [3.8, 4) is 0 Å². The van der Waals surface area contributed by atoms with E-state index in [1.54, 1.807) is 18.3 Å². The van der Waals surface area contributed by atoms with Gasteiger partial charge in [0.05, 0.1) is 0 Å². The summed E-state index contributed by atoms with van der Waals surface area (Å²) < 4.78 is 0. The average Bonchev–Trinajstić information content (AvgIpc) is 2.49. The lowest BCUT2D eigenvalue weighted by Gasteiger charge is -2.22. The van der Waals surface area contributed by atoms with Crippen LogP contribution >= 0.6 is 0 Å². The van der Waals surface area contributed by atoms with Crippen LogP contribution in [0.15, 0.2) is 47.8 Å². The summed E-state index contributed by atoms with van der Waals surface area (Å²) in [6.45, 7) is 4.88. The van der Waals surface area contributed by atoms with Crippen molar-refractivity contribution in [2.45, 2.75) is 13.8 Å². The number of pyridine rings is 1. The van der Waals surface area contributed by atoms with Crippen molar-refractivity contribution < 1.29 is 5.21 Å². The molecule has 5 heteroatoms. The Balaban J connectivity index is 2.39. The van der Waals surface area contributed by atoms with Gasteiger partial charge in [0.25, 0.3) is 0 Å². The maximum Gasteiger partial charge on any atom is 0.170 e. The molecule has 0 spiro atoms. The minimum atomic E-state index is 0.0774. The molecule has 0 aliphatic heterocycles. The highest BCUT2D eigenvalue weighted by Crippen LogP contribution is 2.24. The molecule has 0 fully saturated rings. The summed E-state index contributed by atoms with van der Waals surface area (Å²) in [5, 5.41) is 11.8. The molecule has 104 valence electrons. The molecule has 2 aromatic rings. The number of aromatic nitrogens is 1. The number of aryl methyl sites for hydroxylation is 1. The molecule has 1 aromatic heterocycles. The first-order chi connectivity index (χ1) is 9.65. The van der Waals surface area contributed by atoms with Crippen LogP contribution in [0, 0.1) is 6.92 Å². The van der Waals surface area contributed by atoms with Gasteiger partial charge in [-0.2, -0.15) is 0 Å². The fourth-order valence-corrected chi connectivity index (χ4v) is 1.98. The summed E-state index contributed by atoms with van der Waals surface area (Å²) in [6.07, 6.45) is 1.65. The molecule has 0 aliphatic carbocycles. The molecule has 0 bridgehead atoms. The Morgan fingerprint density at radius 2 is 2.00 bits per heavy atom. The lowest BCUT2D eigenvalue weighted by molar-refractivity contribution is 0.318. The fourth-order valence-electron chi connectivity index (χ4n) is 1.98. The summed E-state index contributed by atoms with van der Waals surface area (Å²) in [5.41, 5.74) is 8.53. The fraction of sp³-hybridized carbons (Fsp3) is 0.200. The molecule has 0 saturated carbocycles. The van der Waals surface area contributed by atoms with E-state index in [1.165, 1.54) is 5.56 Å². The van der Waals surface area contributed by atoms with E-state index in [0.717, 1.165) is 18.1 Å². The molecule has 20 heavy (non-hydrogen) atoms. The summed E-state index contributed by atoms with van der Waals surface area (Å²) in [6, 6.07) is 11.7. The Kier molecular flexibility index (Phi) is 4.20. The van der Waals surface area contributed by atoms with Gasteiger partial charge in [-0.3, -0.25) is 0 Å². The first-order valence-electron chi connectivity index (χ1n) is 6.44. The van der Waals surface area contributed by atoms with Gasteiger partial charge < -0.3 is 15.8 Å². The second-order valence-electron chi connectivity index (χ2n) is 4.47. The topological polar surface area (TPSA) is 74.7 Å². The molecule has 2 rings (SSSR count). The number of hydrogen-bond acceptors (Lipinski definition) is 4. The van der Waals surface area contributed by atoms with Crippen molar-refractivity contribution in [3.05, 3.63) is 53.7 Å². The van der Waals surface area contributed by atoms with Crippen LogP contribution in [0.5, 0.6) is 0 Å². The van der Waals surface area contributed by atoms with E-state index in [9.17, 15) is 0 Å². The molecule has 3 N–H and O–H groups in total. The third kappa shape index (κ3) is 2.88. The largest absolute Gasteiger partial charge is 0.409 e. The van der Waals surface area contributed by atoms with E-state index >= 15 is 0 Å². The van der Waals surface area contributed by atoms with Crippen molar-refractivity contribution in [1.29, 1.82) is 0 Å². The lowest BCUT2D eigenvalue weighted by Crippen LogP contribution is -2.19.